The highest BCUT2D eigenvalue weighted by Gasteiger charge is 2.31. The maximum Gasteiger partial charge on any atom is 0.573 e. The summed E-state index contributed by atoms with van der Waals surface area (Å²) in [6.07, 6.45) is 0.398. The summed E-state index contributed by atoms with van der Waals surface area (Å²) < 4.78 is 71.1. The Morgan fingerprint density at radius 3 is 2.06 bits per heavy atom. The van der Waals surface area contributed by atoms with Crippen LogP contribution in [0.4, 0.5) is 22.0 Å². The fraction of sp³-hybridized carbons (Fsp3) is 0.360. The number of alkyl halides is 3. The Labute approximate surface area is 177 Å². The Kier molecular flexibility index (Phi) is 5.91. The Hall–Kier alpha value is -2.63. The Balaban J connectivity index is 1.62. The fourth-order valence-electron chi connectivity index (χ4n) is 4.58. The summed E-state index contributed by atoms with van der Waals surface area (Å²) in [6.45, 7) is 2.17. The third kappa shape index (κ3) is 4.83. The minimum Gasteiger partial charge on any atom is -0.406 e. The van der Waals surface area contributed by atoms with E-state index in [0.717, 1.165) is 32.1 Å². The molecule has 0 amide bonds. The number of ether oxygens (including phenoxy) is 1. The number of halogens is 5. The standard InChI is InChI=1S/C25H23F5O/c1-2-15-3-5-16(6-4-15)20-13-22(26)24(23(27)14-20)19-8-7-18-12-21(31-25(28,29)30)10-9-17(18)11-19/h7-16H,2-6H2,1H3. The van der Waals surface area contributed by atoms with Gasteiger partial charge in [0.2, 0.25) is 0 Å². The van der Waals surface area contributed by atoms with Gasteiger partial charge in [-0.25, -0.2) is 8.78 Å². The van der Waals surface area contributed by atoms with Gasteiger partial charge >= 0.3 is 6.36 Å². The molecule has 3 aromatic carbocycles. The van der Waals surface area contributed by atoms with Gasteiger partial charge in [-0.3, -0.25) is 0 Å². The van der Waals surface area contributed by atoms with Gasteiger partial charge < -0.3 is 4.74 Å². The second kappa shape index (κ2) is 8.48. The SMILES string of the molecule is CCC1CCC(c2cc(F)c(-c3ccc4cc(OC(F)(F)F)ccc4c3)c(F)c2)CC1. The van der Waals surface area contributed by atoms with Crippen molar-refractivity contribution in [2.45, 2.75) is 51.3 Å². The molecule has 31 heavy (non-hydrogen) atoms. The molecule has 0 heterocycles. The second-order valence-corrected chi connectivity index (χ2v) is 8.26. The monoisotopic (exact) mass is 434 g/mol. The molecule has 1 fully saturated rings. The minimum atomic E-state index is -4.78. The number of rotatable bonds is 4. The van der Waals surface area contributed by atoms with E-state index in [1.54, 1.807) is 6.07 Å². The number of hydrogen-bond acceptors (Lipinski definition) is 1. The molecule has 0 aromatic heterocycles. The number of benzene rings is 3. The van der Waals surface area contributed by atoms with Crippen LogP contribution in [0.15, 0.2) is 48.5 Å². The first kappa shape index (κ1) is 21.6. The van der Waals surface area contributed by atoms with E-state index in [1.807, 2.05) is 0 Å². The first-order valence-electron chi connectivity index (χ1n) is 10.5. The smallest absolute Gasteiger partial charge is 0.406 e. The largest absolute Gasteiger partial charge is 0.573 e. The average molecular weight is 434 g/mol. The number of hydrogen-bond donors (Lipinski definition) is 0. The molecule has 1 aliphatic carbocycles. The van der Waals surface area contributed by atoms with Crippen molar-refractivity contribution in [3.63, 3.8) is 0 Å². The van der Waals surface area contributed by atoms with Crippen molar-refractivity contribution in [1.82, 2.24) is 0 Å². The average Bonchev–Trinajstić information content (AvgIpc) is 2.72. The molecule has 164 valence electrons. The van der Waals surface area contributed by atoms with Crippen molar-refractivity contribution in [2.24, 2.45) is 5.92 Å². The van der Waals surface area contributed by atoms with E-state index >= 15 is 0 Å². The predicted octanol–water partition coefficient (Wildman–Crippen LogP) is 8.37. The van der Waals surface area contributed by atoms with Gasteiger partial charge in [-0.1, -0.05) is 31.5 Å². The van der Waals surface area contributed by atoms with Crippen molar-refractivity contribution < 1.29 is 26.7 Å². The van der Waals surface area contributed by atoms with Gasteiger partial charge in [0.1, 0.15) is 17.4 Å². The normalized spacial score (nSPS) is 19.5. The fourth-order valence-corrected chi connectivity index (χ4v) is 4.58. The summed E-state index contributed by atoms with van der Waals surface area (Å²) in [6, 6.07) is 11.3. The Bertz CT molecular complexity index is 1060. The van der Waals surface area contributed by atoms with Gasteiger partial charge in [-0.15, -0.1) is 13.2 Å². The van der Waals surface area contributed by atoms with E-state index in [-0.39, 0.29) is 17.2 Å². The summed E-state index contributed by atoms with van der Waals surface area (Å²) in [5.74, 6) is -0.713. The summed E-state index contributed by atoms with van der Waals surface area (Å²) in [7, 11) is 0. The predicted molar refractivity (Wildman–Crippen MR) is 111 cm³/mol. The molecule has 0 saturated heterocycles. The number of fused-ring (bicyclic) bond motifs is 1. The van der Waals surface area contributed by atoms with E-state index in [9.17, 15) is 22.0 Å². The van der Waals surface area contributed by atoms with Gasteiger partial charge in [-0.05, 0) is 89.8 Å². The maximum absolute atomic E-state index is 15.0. The lowest BCUT2D eigenvalue weighted by Gasteiger charge is -2.28. The molecule has 0 atom stereocenters. The first-order valence-corrected chi connectivity index (χ1v) is 10.5. The van der Waals surface area contributed by atoms with Crippen LogP contribution in [0.2, 0.25) is 0 Å². The van der Waals surface area contributed by atoms with Crippen molar-refractivity contribution in [3.05, 3.63) is 65.7 Å². The van der Waals surface area contributed by atoms with E-state index < -0.39 is 18.0 Å². The van der Waals surface area contributed by atoms with Crippen LogP contribution in [0, 0.1) is 17.6 Å². The topological polar surface area (TPSA) is 9.23 Å². The van der Waals surface area contributed by atoms with E-state index in [2.05, 4.69) is 11.7 Å². The molecule has 0 spiro atoms. The van der Waals surface area contributed by atoms with Crippen LogP contribution in [0.1, 0.15) is 50.5 Å². The van der Waals surface area contributed by atoms with Crippen molar-refractivity contribution in [2.75, 3.05) is 0 Å². The summed E-state index contributed by atoms with van der Waals surface area (Å²) >= 11 is 0. The molecule has 0 aliphatic heterocycles. The molecule has 1 nitrogen and oxygen atoms in total. The molecule has 4 rings (SSSR count). The molecule has 6 heteroatoms. The lowest BCUT2D eigenvalue weighted by Crippen LogP contribution is -2.16. The molecule has 0 radical (unpaired) electrons. The van der Waals surface area contributed by atoms with Crippen molar-refractivity contribution in [1.29, 1.82) is 0 Å². The highest BCUT2D eigenvalue weighted by atomic mass is 19.4. The molecule has 3 aromatic rings. The highest BCUT2D eigenvalue weighted by molar-refractivity contribution is 5.88. The van der Waals surface area contributed by atoms with Crippen LogP contribution in [-0.2, 0) is 0 Å². The molecular formula is C25H23F5O. The molecular weight excluding hydrogens is 411 g/mol. The Morgan fingerprint density at radius 2 is 1.45 bits per heavy atom. The van der Waals surface area contributed by atoms with Crippen LogP contribution >= 0.6 is 0 Å². The van der Waals surface area contributed by atoms with E-state index in [4.69, 9.17) is 0 Å². The van der Waals surface area contributed by atoms with Gasteiger partial charge in [0, 0.05) is 0 Å². The van der Waals surface area contributed by atoms with Crippen molar-refractivity contribution in [3.8, 4) is 16.9 Å². The molecule has 1 saturated carbocycles. The lowest BCUT2D eigenvalue weighted by atomic mass is 9.77. The summed E-state index contributed by atoms with van der Waals surface area (Å²) in [5.41, 5.74) is 0.916. The third-order valence-corrected chi connectivity index (χ3v) is 6.29. The van der Waals surface area contributed by atoms with Gasteiger partial charge in [-0.2, -0.15) is 0 Å². The third-order valence-electron chi connectivity index (χ3n) is 6.29. The molecule has 1 aliphatic rings. The van der Waals surface area contributed by atoms with Gasteiger partial charge in [0.05, 0.1) is 5.56 Å². The van der Waals surface area contributed by atoms with Crippen LogP contribution in [0.5, 0.6) is 5.75 Å². The zero-order chi connectivity index (χ0) is 22.2. The van der Waals surface area contributed by atoms with E-state index in [1.165, 1.54) is 42.5 Å². The molecule has 0 bridgehead atoms. The van der Waals surface area contributed by atoms with Crippen LogP contribution < -0.4 is 4.74 Å². The summed E-state index contributed by atoms with van der Waals surface area (Å²) in [4.78, 5) is 0. The quantitative estimate of drug-likeness (QED) is 0.375. The second-order valence-electron chi connectivity index (χ2n) is 8.26. The first-order chi connectivity index (χ1) is 14.7. The highest BCUT2D eigenvalue weighted by Crippen LogP contribution is 2.39. The van der Waals surface area contributed by atoms with Gasteiger partial charge in [0.15, 0.2) is 0 Å². The lowest BCUT2D eigenvalue weighted by molar-refractivity contribution is -0.274. The van der Waals surface area contributed by atoms with Gasteiger partial charge in [0.25, 0.3) is 0 Å². The molecule has 0 unspecified atom stereocenters. The van der Waals surface area contributed by atoms with E-state index in [0.29, 0.717) is 27.8 Å². The molecule has 0 N–H and O–H groups in total. The van der Waals surface area contributed by atoms with Crippen LogP contribution in [0.25, 0.3) is 21.9 Å². The zero-order valence-electron chi connectivity index (χ0n) is 17.1. The zero-order valence-corrected chi connectivity index (χ0v) is 17.1. The van der Waals surface area contributed by atoms with Crippen LogP contribution in [0.3, 0.4) is 0 Å². The Morgan fingerprint density at radius 1 is 0.839 bits per heavy atom. The maximum atomic E-state index is 15.0. The summed E-state index contributed by atoms with van der Waals surface area (Å²) in [5, 5.41) is 1.04. The van der Waals surface area contributed by atoms with Crippen molar-refractivity contribution >= 4 is 10.8 Å². The minimum absolute atomic E-state index is 0.122. The van der Waals surface area contributed by atoms with Crippen LogP contribution in [-0.4, -0.2) is 6.36 Å².